The molecule has 0 aromatic heterocycles. The third kappa shape index (κ3) is 2.73. The van der Waals surface area contributed by atoms with E-state index in [4.69, 9.17) is 5.11 Å². The van der Waals surface area contributed by atoms with Gasteiger partial charge in [0, 0.05) is 17.4 Å². The second kappa shape index (κ2) is 4.35. The van der Waals surface area contributed by atoms with Crippen LogP contribution < -0.4 is 5.43 Å². The number of aliphatic carboxylic acids is 1. The van der Waals surface area contributed by atoms with Gasteiger partial charge in [-0.1, -0.05) is 6.92 Å². The summed E-state index contributed by atoms with van der Waals surface area (Å²) in [6.45, 7) is 2.00. The molecule has 0 amide bonds. The predicted molar refractivity (Wildman–Crippen MR) is 49.6 cm³/mol. The van der Waals surface area contributed by atoms with Crippen LogP contribution in [0.5, 0.6) is 0 Å². The predicted octanol–water partition coefficient (Wildman–Crippen LogP) is 0.399. The highest BCUT2D eigenvalue weighted by atomic mass is 32.2. The number of carboxylic acids is 1. The highest BCUT2D eigenvalue weighted by molar-refractivity contribution is 8.00. The molecule has 4 nitrogen and oxygen atoms in total. The van der Waals surface area contributed by atoms with Gasteiger partial charge in [0.2, 0.25) is 0 Å². The lowest BCUT2D eigenvalue weighted by molar-refractivity contribution is -0.135. The molecule has 1 rings (SSSR count). The van der Waals surface area contributed by atoms with Gasteiger partial charge in [-0.3, -0.25) is 10.2 Å². The highest BCUT2D eigenvalue weighted by Crippen LogP contribution is 2.20. The van der Waals surface area contributed by atoms with E-state index in [1.54, 1.807) is 0 Å². The topological polar surface area (TPSA) is 61.7 Å². The number of rotatable bonds is 3. The maximum Gasteiger partial charge on any atom is 0.324 e. The van der Waals surface area contributed by atoms with E-state index in [-0.39, 0.29) is 6.54 Å². The second-order valence-electron chi connectivity index (χ2n) is 2.75. The largest absolute Gasteiger partial charge is 0.480 e. The second-order valence-corrected chi connectivity index (χ2v) is 3.78. The summed E-state index contributed by atoms with van der Waals surface area (Å²) in [7, 11) is 0. The smallest absolute Gasteiger partial charge is 0.324 e. The van der Waals surface area contributed by atoms with Gasteiger partial charge in [0.15, 0.2) is 0 Å². The van der Waals surface area contributed by atoms with Crippen LogP contribution in [0.25, 0.3) is 0 Å². The summed E-state index contributed by atoms with van der Waals surface area (Å²) in [6, 6.07) is 0. The minimum absolute atomic E-state index is 0.0963. The van der Waals surface area contributed by atoms with Crippen molar-refractivity contribution in [1.29, 1.82) is 0 Å². The number of carbonyl (C=O) groups is 1. The first-order valence-corrected chi connectivity index (χ1v) is 4.94. The highest BCUT2D eigenvalue weighted by Gasteiger charge is 2.18. The number of nitrogens with one attached hydrogen (secondary N) is 1. The number of hydrogen-bond acceptors (Lipinski definition) is 4. The lowest BCUT2D eigenvalue weighted by atomic mass is 10.1. The van der Waals surface area contributed by atoms with E-state index in [2.05, 4.69) is 17.5 Å². The molecule has 0 aromatic rings. The first kappa shape index (κ1) is 9.38. The molecule has 1 heterocycles. The van der Waals surface area contributed by atoms with E-state index in [1.807, 2.05) is 11.8 Å². The summed E-state index contributed by atoms with van der Waals surface area (Å²) in [4.78, 5) is 10.1. The summed E-state index contributed by atoms with van der Waals surface area (Å²) in [5.41, 5.74) is 3.60. The SMILES string of the molecule is CC1CSC/C1=N\NCC(=O)O. The molecule has 1 unspecified atom stereocenters. The van der Waals surface area contributed by atoms with Crippen molar-refractivity contribution in [3.8, 4) is 0 Å². The Bertz CT molecular complexity index is 206. The van der Waals surface area contributed by atoms with Crippen LogP contribution in [0.1, 0.15) is 6.92 Å². The third-order valence-electron chi connectivity index (χ3n) is 1.64. The van der Waals surface area contributed by atoms with Crippen LogP contribution in [0.4, 0.5) is 0 Å². The molecule has 0 aromatic carbocycles. The van der Waals surface area contributed by atoms with Crippen molar-refractivity contribution in [3.63, 3.8) is 0 Å². The molecular weight excluding hydrogens is 176 g/mol. The van der Waals surface area contributed by atoms with E-state index < -0.39 is 5.97 Å². The van der Waals surface area contributed by atoms with Crippen LogP contribution in [-0.4, -0.2) is 34.8 Å². The molecular formula is C7H12N2O2S. The van der Waals surface area contributed by atoms with Crippen LogP contribution in [0.2, 0.25) is 0 Å². The zero-order chi connectivity index (χ0) is 8.97. The molecule has 0 radical (unpaired) electrons. The van der Waals surface area contributed by atoms with Gasteiger partial charge in [-0.05, 0) is 0 Å². The van der Waals surface area contributed by atoms with Crippen LogP contribution in [0.3, 0.4) is 0 Å². The summed E-state index contributed by atoms with van der Waals surface area (Å²) < 4.78 is 0. The molecule has 2 N–H and O–H groups in total. The standard InChI is InChI=1S/C7H12N2O2S/c1-5-3-12-4-6(5)9-8-2-7(10)11/h5,8H,2-4H2,1H3,(H,10,11)/b9-6+. The van der Waals surface area contributed by atoms with Crippen molar-refractivity contribution in [2.75, 3.05) is 18.1 Å². The molecule has 1 fully saturated rings. The molecule has 12 heavy (non-hydrogen) atoms. The maximum atomic E-state index is 10.1. The molecule has 1 aliphatic rings. The molecule has 68 valence electrons. The monoisotopic (exact) mass is 188 g/mol. The minimum Gasteiger partial charge on any atom is -0.480 e. The molecule has 1 atom stereocenters. The maximum absolute atomic E-state index is 10.1. The lowest BCUT2D eigenvalue weighted by Crippen LogP contribution is -2.21. The Balaban J connectivity index is 2.31. The number of nitrogens with zero attached hydrogens (tertiary/aromatic N) is 1. The Hall–Kier alpha value is -0.710. The fourth-order valence-electron chi connectivity index (χ4n) is 0.930. The van der Waals surface area contributed by atoms with Gasteiger partial charge in [-0.25, -0.2) is 0 Å². The molecule has 0 bridgehead atoms. The molecule has 1 saturated heterocycles. The van der Waals surface area contributed by atoms with Crippen LogP contribution >= 0.6 is 11.8 Å². The van der Waals surface area contributed by atoms with Crippen molar-refractivity contribution in [3.05, 3.63) is 0 Å². The zero-order valence-corrected chi connectivity index (χ0v) is 7.73. The number of thioether (sulfide) groups is 1. The fraction of sp³-hybridized carbons (Fsp3) is 0.714. The van der Waals surface area contributed by atoms with Crippen LogP contribution in [-0.2, 0) is 4.79 Å². The fourth-order valence-corrected chi connectivity index (χ4v) is 2.15. The van der Waals surface area contributed by atoms with Crippen molar-refractivity contribution in [1.82, 2.24) is 5.43 Å². The first-order chi connectivity index (χ1) is 5.70. The first-order valence-electron chi connectivity index (χ1n) is 3.79. The van der Waals surface area contributed by atoms with E-state index in [1.165, 1.54) is 0 Å². The average Bonchev–Trinajstić information content (AvgIpc) is 2.36. The third-order valence-corrected chi connectivity index (χ3v) is 2.88. The van der Waals surface area contributed by atoms with Gasteiger partial charge in [0.1, 0.15) is 6.54 Å². The summed E-state index contributed by atoms with van der Waals surface area (Å²) in [6.07, 6.45) is 0. The minimum atomic E-state index is -0.877. The van der Waals surface area contributed by atoms with Crippen LogP contribution in [0.15, 0.2) is 5.10 Å². The van der Waals surface area contributed by atoms with Crippen molar-refractivity contribution < 1.29 is 9.90 Å². The van der Waals surface area contributed by atoms with Gasteiger partial charge in [-0.2, -0.15) is 16.9 Å². The van der Waals surface area contributed by atoms with Gasteiger partial charge < -0.3 is 5.11 Å². The summed E-state index contributed by atoms with van der Waals surface area (Å²) >= 11 is 1.83. The number of hydrazone groups is 1. The van der Waals surface area contributed by atoms with Gasteiger partial charge >= 0.3 is 5.97 Å². The van der Waals surface area contributed by atoms with Crippen molar-refractivity contribution >= 4 is 23.4 Å². The van der Waals surface area contributed by atoms with Crippen molar-refractivity contribution in [2.24, 2.45) is 11.0 Å². The molecule has 5 heteroatoms. The Morgan fingerprint density at radius 1 is 1.92 bits per heavy atom. The number of hydrogen-bond donors (Lipinski definition) is 2. The van der Waals surface area contributed by atoms with Gasteiger partial charge in [0.25, 0.3) is 0 Å². The molecule has 0 spiro atoms. The van der Waals surface area contributed by atoms with Gasteiger partial charge in [-0.15, -0.1) is 0 Å². The van der Waals surface area contributed by atoms with E-state index >= 15 is 0 Å². The Labute approximate surface area is 75.4 Å². The normalized spacial score (nSPS) is 26.1. The van der Waals surface area contributed by atoms with E-state index in [0.29, 0.717) is 5.92 Å². The van der Waals surface area contributed by atoms with E-state index in [0.717, 1.165) is 17.2 Å². The van der Waals surface area contributed by atoms with Gasteiger partial charge in [0.05, 0.1) is 5.71 Å². The summed E-state index contributed by atoms with van der Waals surface area (Å²) in [5.74, 6) is 1.62. The quantitative estimate of drug-likeness (QED) is 0.629. The average molecular weight is 188 g/mol. The Morgan fingerprint density at radius 3 is 3.17 bits per heavy atom. The summed E-state index contributed by atoms with van der Waals surface area (Å²) in [5, 5.41) is 12.3. The molecule has 0 saturated carbocycles. The van der Waals surface area contributed by atoms with E-state index in [9.17, 15) is 4.79 Å². The zero-order valence-electron chi connectivity index (χ0n) is 6.91. The Morgan fingerprint density at radius 2 is 2.67 bits per heavy atom. The Kier molecular flexibility index (Phi) is 3.40. The molecule has 1 aliphatic heterocycles. The number of carboxylic acid groups (broad SMARTS) is 1. The van der Waals surface area contributed by atoms with Crippen LogP contribution in [0, 0.1) is 5.92 Å². The molecule has 0 aliphatic carbocycles. The van der Waals surface area contributed by atoms with Crippen molar-refractivity contribution in [2.45, 2.75) is 6.92 Å². The lowest BCUT2D eigenvalue weighted by Gasteiger charge is -2.01.